The first-order valence-corrected chi connectivity index (χ1v) is 3.43. The number of ether oxygens (including phenoxy) is 1. The summed E-state index contributed by atoms with van der Waals surface area (Å²) in [6, 6.07) is 6.87. The van der Waals surface area contributed by atoms with Gasteiger partial charge in [0.05, 0.1) is 12.7 Å². The van der Waals surface area contributed by atoms with Crippen LogP contribution in [-0.2, 0) is 0 Å². The fourth-order valence-corrected chi connectivity index (χ4v) is 0.910. The molecule has 0 aliphatic heterocycles. The predicted molar refractivity (Wildman–Crippen MR) is 46.2 cm³/mol. The van der Waals surface area contributed by atoms with Crippen LogP contribution in [0.15, 0.2) is 24.3 Å². The molecule has 0 bridgehead atoms. The normalized spacial score (nSPS) is 8.67. The Hall–Kier alpha value is -1.75. The highest BCUT2D eigenvalue weighted by Crippen LogP contribution is 2.16. The first-order chi connectivity index (χ1) is 5.79. The zero-order valence-corrected chi connectivity index (χ0v) is 6.70. The number of carbonyl (C=O) groups is 1. The first-order valence-electron chi connectivity index (χ1n) is 3.43. The van der Waals surface area contributed by atoms with Gasteiger partial charge in [-0.15, -0.1) is 6.42 Å². The van der Waals surface area contributed by atoms with Gasteiger partial charge in [-0.25, -0.2) is 0 Å². The molecule has 1 aromatic carbocycles. The molecule has 0 atom stereocenters. The summed E-state index contributed by atoms with van der Waals surface area (Å²) in [6.07, 6.45) is 4.97. The minimum absolute atomic E-state index is 0.354. The average molecular weight is 160 g/mol. The summed E-state index contributed by atoms with van der Waals surface area (Å²) in [4.78, 5) is 11.1. The molecule has 2 heteroatoms. The Morgan fingerprint density at radius 1 is 1.50 bits per heavy atom. The Morgan fingerprint density at radius 2 is 2.17 bits per heavy atom. The average Bonchev–Trinajstić information content (AvgIpc) is 2.16. The Bertz CT molecular complexity index is 334. The topological polar surface area (TPSA) is 26.3 Å². The van der Waals surface area contributed by atoms with Crippen molar-refractivity contribution in [3.63, 3.8) is 0 Å². The fraction of sp³-hybridized carbons (Fsp3) is 0.100. The Kier molecular flexibility index (Phi) is 2.49. The number of Topliss-reactive ketones (excluding diaryl/α,β-unsaturated/α-hetero) is 1. The summed E-state index contributed by atoms with van der Waals surface area (Å²) in [7, 11) is 1.50. The van der Waals surface area contributed by atoms with Crippen LogP contribution in [0.2, 0.25) is 0 Å². The van der Waals surface area contributed by atoms with Crippen molar-refractivity contribution in [2.45, 2.75) is 0 Å². The Labute approximate surface area is 71.2 Å². The number of terminal acetylenes is 1. The first kappa shape index (κ1) is 8.35. The highest BCUT2D eigenvalue weighted by Gasteiger charge is 2.07. The van der Waals surface area contributed by atoms with Gasteiger partial charge in [-0.3, -0.25) is 4.79 Å². The monoisotopic (exact) mass is 160 g/mol. The number of carbonyl (C=O) groups excluding carboxylic acids is 1. The van der Waals surface area contributed by atoms with Crippen LogP contribution >= 0.6 is 0 Å². The van der Waals surface area contributed by atoms with Crippen molar-refractivity contribution in [1.29, 1.82) is 0 Å². The third-order valence-electron chi connectivity index (χ3n) is 1.48. The molecule has 2 nitrogen and oxygen atoms in total. The van der Waals surface area contributed by atoms with E-state index in [0.29, 0.717) is 11.3 Å². The van der Waals surface area contributed by atoms with Crippen LogP contribution in [0.5, 0.6) is 5.75 Å². The van der Waals surface area contributed by atoms with E-state index in [1.807, 2.05) is 5.92 Å². The maximum absolute atomic E-state index is 11.1. The van der Waals surface area contributed by atoms with E-state index in [0.717, 1.165) is 0 Å². The predicted octanol–water partition coefficient (Wildman–Crippen LogP) is 1.51. The van der Waals surface area contributed by atoms with Crippen LogP contribution in [0.4, 0.5) is 0 Å². The minimum Gasteiger partial charge on any atom is -0.496 e. The molecule has 0 spiro atoms. The lowest BCUT2D eigenvalue weighted by Crippen LogP contribution is -1.98. The summed E-state index contributed by atoms with van der Waals surface area (Å²) in [6.45, 7) is 0. The zero-order chi connectivity index (χ0) is 8.97. The molecular formula is C10H8O2. The van der Waals surface area contributed by atoms with Gasteiger partial charge in [0, 0.05) is 0 Å². The number of rotatable bonds is 2. The summed E-state index contributed by atoms with van der Waals surface area (Å²) in [5.74, 6) is 2.20. The highest BCUT2D eigenvalue weighted by molar-refractivity contribution is 6.10. The Morgan fingerprint density at radius 3 is 2.75 bits per heavy atom. The van der Waals surface area contributed by atoms with Crippen molar-refractivity contribution < 1.29 is 9.53 Å². The number of hydrogen-bond acceptors (Lipinski definition) is 2. The van der Waals surface area contributed by atoms with Gasteiger partial charge >= 0.3 is 0 Å². The molecule has 1 rings (SSSR count). The third kappa shape index (κ3) is 1.46. The van der Waals surface area contributed by atoms with Gasteiger partial charge in [0.1, 0.15) is 5.75 Å². The lowest BCUT2D eigenvalue weighted by atomic mass is 10.1. The van der Waals surface area contributed by atoms with E-state index in [1.54, 1.807) is 24.3 Å². The third-order valence-corrected chi connectivity index (χ3v) is 1.48. The molecule has 0 saturated heterocycles. The lowest BCUT2D eigenvalue weighted by Gasteiger charge is -2.02. The van der Waals surface area contributed by atoms with E-state index >= 15 is 0 Å². The molecule has 0 fully saturated rings. The van der Waals surface area contributed by atoms with Gasteiger partial charge in [-0.1, -0.05) is 12.1 Å². The van der Waals surface area contributed by atoms with Crippen LogP contribution in [0.1, 0.15) is 10.4 Å². The van der Waals surface area contributed by atoms with E-state index in [2.05, 4.69) is 0 Å². The molecule has 0 radical (unpaired) electrons. The largest absolute Gasteiger partial charge is 0.496 e. The molecule has 0 N–H and O–H groups in total. The minimum atomic E-state index is -0.354. The standard InChI is InChI=1S/C10H8O2/c1-3-9(11)8-6-4-5-7-10(8)12-2/h1,4-7H,2H3. The van der Waals surface area contributed by atoms with Crippen LogP contribution in [0.25, 0.3) is 0 Å². The van der Waals surface area contributed by atoms with E-state index < -0.39 is 0 Å². The van der Waals surface area contributed by atoms with Gasteiger partial charge in [0.2, 0.25) is 5.78 Å². The fourth-order valence-electron chi connectivity index (χ4n) is 0.910. The molecule has 60 valence electrons. The molecule has 0 heterocycles. The number of methoxy groups -OCH3 is 1. The van der Waals surface area contributed by atoms with Crippen LogP contribution in [-0.4, -0.2) is 12.9 Å². The van der Waals surface area contributed by atoms with Gasteiger partial charge in [0.25, 0.3) is 0 Å². The van der Waals surface area contributed by atoms with E-state index in [-0.39, 0.29) is 5.78 Å². The van der Waals surface area contributed by atoms with Crippen molar-refractivity contribution in [2.24, 2.45) is 0 Å². The summed E-state index contributed by atoms with van der Waals surface area (Å²) < 4.78 is 4.95. The molecule has 0 aromatic heterocycles. The molecule has 0 saturated carbocycles. The number of benzene rings is 1. The van der Waals surface area contributed by atoms with Crippen molar-refractivity contribution in [3.8, 4) is 18.1 Å². The molecule has 0 aliphatic carbocycles. The summed E-state index contributed by atoms with van der Waals surface area (Å²) >= 11 is 0. The van der Waals surface area contributed by atoms with Gasteiger partial charge < -0.3 is 4.74 Å². The van der Waals surface area contributed by atoms with Crippen LogP contribution in [0.3, 0.4) is 0 Å². The van der Waals surface area contributed by atoms with Gasteiger partial charge in [-0.05, 0) is 18.1 Å². The van der Waals surface area contributed by atoms with Crippen molar-refractivity contribution in [2.75, 3.05) is 7.11 Å². The van der Waals surface area contributed by atoms with E-state index in [9.17, 15) is 4.79 Å². The van der Waals surface area contributed by atoms with E-state index in [1.165, 1.54) is 7.11 Å². The number of para-hydroxylation sites is 1. The number of hydrogen-bond donors (Lipinski definition) is 0. The SMILES string of the molecule is C#CC(=O)c1ccccc1OC. The van der Waals surface area contributed by atoms with E-state index in [4.69, 9.17) is 11.2 Å². The smallest absolute Gasteiger partial charge is 0.239 e. The van der Waals surface area contributed by atoms with Gasteiger partial charge in [0.15, 0.2) is 0 Å². The van der Waals surface area contributed by atoms with Crippen molar-refractivity contribution in [3.05, 3.63) is 29.8 Å². The second kappa shape index (κ2) is 3.59. The van der Waals surface area contributed by atoms with Crippen LogP contribution < -0.4 is 4.74 Å². The molecular weight excluding hydrogens is 152 g/mol. The Balaban J connectivity index is 3.15. The second-order valence-corrected chi connectivity index (χ2v) is 2.17. The van der Waals surface area contributed by atoms with Gasteiger partial charge in [-0.2, -0.15) is 0 Å². The molecule has 0 aliphatic rings. The lowest BCUT2D eigenvalue weighted by molar-refractivity contribution is 0.105. The van der Waals surface area contributed by atoms with Crippen molar-refractivity contribution in [1.82, 2.24) is 0 Å². The quantitative estimate of drug-likeness (QED) is 0.372. The molecule has 12 heavy (non-hydrogen) atoms. The maximum atomic E-state index is 11.1. The van der Waals surface area contributed by atoms with Crippen LogP contribution in [0, 0.1) is 12.3 Å². The summed E-state index contributed by atoms with van der Waals surface area (Å²) in [5, 5.41) is 0. The molecule has 0 amide bonds. The zero-order valence-electron chi connectivity index (χ0n) is 6.70. The number of ketones is 1. The van der Waals surface area contributed by atoms with Crippen molar-refractivity contribution >= 4 is 5.78 Å². The maximum Gasteiger partial charge on any atom is 0.239 e. The molecule has 0 unspecified atom stereocenters. The molecule has 1 aromatic rings. The second-order valence-electron chi connectivity index (χ2n) is 2.17. The highest BCUT2D eigenvalue weighted by atomic mass is 16.5. The summed E-state index contributed by atoms with van der Waals surface area (Å²) in [5.41, 5.74) is 0.433.